The number of nitrogens with two attached hydrogens (primary N) is 1. The van der Waals surface area contributed by atoms with E-state index < -0.39 is 12.0 Å². The molecule has 2 rings (SSSR count). The Morgan fingerprint density at radius 2 is 2.11 bits per heavy atom. The zero-order valence-corrected chi connectivity index (χ0v) is 10.2. The quantitative estimate of drug-likeness (QED) is 0.779. The van der Waals surface area contributed by atoms with Gasteiger partial charge in [0.15, 0.2) is 0 Å². The number of carbonyl (C=O) groups is 1. The van der Waals surface area contributed by atoms with Crippen LogP contribution in [0.15, 0.2) is 30.3 Å². The average molecular weight is 250 g/mol. The van der Waals surface area contributed by atoms with Crippen molar-refractivity contribution < 1.29 is 14.6 Å². The maximum Gasteiger partial charge on any atom is 0.322 e. The van der Waals surface area contributed by atoms with Crippen LogP contribution in [-0.2, 0) is 16.1 Å². The fourth-order valence-corrected chi connectivity index (χ4v) is 2.15. The standard InChI is InChI=1S/C13H18N2O3/c14-15-8-11(6-7-12(15)13(16)17)18-9-10-4-2-1-3-5-10/h1-5,11-12H,6-9,14H2,(H,16,17). The van der Waals surface area contributed by atoms with Gasteiger partial charge in [-0.3, -0.25) is 10.6 Å². The van der Waals surface area contributed by atoms with Gasteiger partial charge in [-0.05, 0) is 18.4 Å². The molecule has 0 amide bonds. The van der Waals surface area contributed by atoms with Crippen molar-refractivity contribution in [2.45, 2.75) is 31.6 Å². The Morgan fingerprint density at radius 3 is 2.72 bits per heavy atom. The van der Waals surface area contributed by atoms with Crippen molar-refractivity contribution in [3.63, 3.8) is 0 Å². The van der Waals surface area contributed by atoms with Crippen LogP contribution in [0.5, 0.6) is 0 Å². The number of piperidine rings is 1. The number of benzene rings is 1. The highest BCUT2D eigenvalue weighted by Crippen LogP contribution is 2.18. The van der Waals surface area contributed by atoms with E-state index in [-0.39, 0.29) is 6.10 Å². The molecule has 1 saturated heterocycles. The van der Waals surface area contributed by atoms with Crippen molar-refractivity contribution in [3.05, 3.63) is 35.9 Å². The summed E-state index contributed by atoms with van der Waals surface area (Å²) in [7, 11) is 0. The van der Waals surface area contributed by atoms with Gasteiger partial charge in [-0.1, -0.05) is 30.3 Å². The summed E-state index contributed by atoms with van der Waals surface area (Å²) in [6.45, 7) is 1.00. The average Bonchev–Trinajstić information content (AvgIpc) is 2.37. The monoisotopic (exact) mass is 250 g/mol. The molecular formula is C13H18N2O3. The summed E-state index contributed by atoms with van der Waals surface area (Å²) in [4.78, 5) is 10.9. The molecule has 2 atom stereocenters. The van der Waals surface area contributed by atoms with Gasteiger partial charge < -0.3 is 9.84 Å². The molecular weight excluding hydrogens is 232 g/mol. The van der Waals surface area contributed by atoms with Crippen LogP contribution in [0, 0.1) is 0 Å². The van der Waals surface area contributed by atoms with Gasteiger partial charge in [0.05, 0.1) is 12.7 Å². The minimum atomic E-state index is -0.862. The first-order valence-electron chi connectivity index (χ1n) is 6.06. The van der Waals surface area contributed by atoms with E-state index in [0.29, 0.717) is 19.6 Å². The molecule has 0 saturated carbocycles. The molecule has 0 bridgehead atoms. The smallest absolute Gasteiger partial charge is 0.322 e. The van der Waals surface area contributed by atoms with E-state index in [9.17, 15) is 4.79 Å². The molecule has 1 fully saturated rings. The molecule has 5 heteroatoms. The summed E-state index contributed by atoms with van der Waals surface area (Å²) in [5, 5.41) is 10.3. The third-order valence-electron chi connectivity index (χ3n) is 3.19. The second kappa shape index (κ2) is 5.95. The molecule has 0 radical (unpaired) electrons. The van der Waals surface area contributed by atoms with Crippen LogP contribution in [0.2, 0.25) is 0 Å². The Kier molecular flexibility index (Phi) is 4.30. The number of hydrogen-bond donors (Lipinski definition) is 2. The van der Waals surface area contributed by atoms with Crippen LogP contribution < -0.4 is 5.84 Å². The minimum absolute atomic E-state index is 0.00538. The van der Waals surface area contributed by atoms with E-state index in [1.165, 1.54) is 5.01 Å². The molecule has 1 aromatic carbocycles. The minimum Gasteiger partial charge on any atom is -0.480 e. The zero-order valence-electron chi connectivity index (χ0n) is 10.2. The number of hydrazine groups is 1. The number of carboxylic acid groups (broad SMARTS) is 1. The van der Waals surface area contributed by atoms with Crippen molar-refractivity contribution in [3.8, 4) is 0 Å². The molecule has 0 aliphatic carbocycles. The Hall–Kier alpha value is -1.43. The van der Waals surface area contributed by atoms with Crippen LogP contribution in [0.4, 0.5) is 0 Å². The SMILES string of the molecule is NN1CC(OCc2ccccc2)CCC1C(=O)O. The number of nitrogens with zero attached hydrogens (tertiary/aromatic N) is 1. The lowest BCUT2D eigenvalue weighted by Gasteiger charge is -2.34. The fourth-order valence-electron chi connectivity index (χ4n) is 2.15. The van der Waals surface area contributed by atoms with Crippen LogP contribution in [0.1, 0.15) is 18.4 Å². The summed E-state index contributed by atoms with van der Waals surface area (Å²) >= 11 is 0. The predicted octanol–water partition coefficient (Wildman–Crippen LogP) is 0.994. The highest BCUT2D eigenvalue weighted by atomic mass is 16.5. The van der Waals surface area contributed by atoms with E-state index in [1.807, 2.05) is 30.3 Å². The van der Waals surface area contributed by atoms with Gasteiger partial charge in [0, 0.05) is 6.54 Å². The van der Waals surface area contributed by atoms with E-state index in [0.717, 1.165) is 12.0 Å². The summed E-state index contributed by atoms with van der Waals surface area (Å²) in [5.74, 6) is 4.85. The molecule has 18 heavy (non-hydrogen) atoms. The Labute approximate surface area is 106 Å². The Bertz CT molecular complexity index is 396. The third kappa shape index (κ3) is 3.29. The molecule has 0 spiro atoms. The van der Waals surface area contributed by atoms with E-state index >= 15 is 0 Å². The topological polar surface area (TPSA) is 75.8 Å². The second-order valence-corrected chi connectivity index (χ2v) is 4.55. The molecule has 98 valence electrons. The highest BCUT2D eigenvalue weighted by molar-refractivity contribution is 5.73. The van der Waals surface area contributed by atoms with Gasteiger partial charge in [-0.2, -0.15) is 0 Å². The van der Waals surface area contributed by atoms with Gasteiger partial charge in [-0.15, -0.1) is 0 Å². The molecule has 1 aliphatic heterocycles. The first-order valence-corrected chi connectivity index (χ1v) is 6.06. The second-order valence-electron chi connectivity index (χ2n) is 4.55. The van der Waals surface area contributed by atoms with Crippen molar-refractivity contribution >= 4 is 5.97 Å². The van der Waals surface area contributed by atoms with Crippen molar-refractivity contribution in [1.82, 2.24) is 5.01 Å². The number of hydrogen-bond acceptors (Lipinski definition) is 4. The summed E-state index contributed by atoms with van der Waals surface area (Å²) in [5.41, 5.74) is 1.11. The highest BCUT2D eigenvalue weighted by Gasteiger charge is 2.31. The Balaban J connectivity index is 1.81. The first kappa shape index (κ1) is 13.0. The summed E-state index contributed by atoms with van der Waals surface area (Å²) in [6.07, 6.45) is 1.27. The fraction of sp³-hybridized carbons (Fsp3) is 0.462. The lowest BCUT2D eigenvalue weighted by Crippen LogP contribution is -2.53. The van der Waals surface area contributed by atoms with Gasteiger partial charge >= 0.3 is 5.97 Å². The normalized spacial score (nSPS) is 24.9. The number of ether oxygens (including phenoxy) is 1. The van der Waals surface area contributed by atoms with Gasteiger partial charge in [0.25, 0.3) is 0 Å². The Morgan fingerprint density at radius 1 is 1.39 bits per heavy atom. The van der Waals surface area contributed by atoms with Crippen LogP contribution in [0.3, 0.4) is 0 Å². The number of carboxylic acids is 1. The number of rotatable bonds is 4. The van der Waals surface area contributed by atoms with Gasteiger partial charge in [0.2, 0.25) is 0 Å². The number of aliphatic carboxylic acids is 1. The van der Waals surface area contributed by atoms with E-state index in [2.05, 4.69) is 0 Å². The van der Waals surface area contributed by atoms with E-state index in [1.54, 1.807) is 0 Å². The predicted molar refractivity (Wildman–Crippen MR) is 66.6 cm³/mol. The van der Waals surface area contributed by atoms with E-state index in [4.69, 9.17) is 15.7 Å². The first-order chi connectivity index (χ1) is 8.66. The van der Waals surface area contributed by atoms with Crippen LogP contribution in [-0.4, -0.2) is 34.8 Å². The molecule has 5 nitrogen and oxygen atoms in total. The van der Waals surface area contributed by atoms with Crippen molar-refractivity contribution in [2.24, 2.45) is 5.84 Å². The maximum absolute atomic E-state index is 10.9. The van der Waals surface area contributed by atoms with Crippen molar-refractivity contribution in [2.75, 3.05) is 6.54 Å². The third-order valence-corrected chi connectivity index (χ3v) is 3.19. The summed E-state index contributed by atoms with van der Waals surface area (Å²) in [6, 6.07) is 9.32. The lowest BCUT2D eigenvalue weighted by atomic mass is 10.0. The zero-order chi connectivity index (χ0) is 13.0. The largest absolute Gasteiger partial charge is 0.480 e. The van der Waals surface area contributed by atoms with Crippen LogP contribution in [0.25, 0.3) is 0 Å². The molecule has 1 aliphatic rings. The molecule has 1 aromatic rings. The maximum atomic E-state index is 10.9. The van der Waals surface area contributed by atoms with Gasteiger partial charge in [0.1, 0.15) is 6.04 Å². The van der Waals surface area contributed by atoms with Gasteiger partial charge in [-0.25, -0.2) is 5.01 Å². The van der Waals surface area contributed by atoms with Crippen LogP contribution >= 0.6 is 0 Å². The lowest BCUT2D eigenvalue weighted by molar-refractivity contribution is -0.147. The molecule has 2 unspecified atom stereocenters. The van der Waals surface area contributed by atoms with Crippen molar-refractivity contribution in [1.29, 1.82) is 0 Å². The molecule has 0 aromatic heterocycles. The molecule has 3 N–H and O–H groups in total. The summed E-state index contributed by atoms with van der Waals surface area (Å²) < 4.78 is 5.75. The molecule has 1 heterocycles.